The molecule has 1 amide bonds. The zero-order valence-electron chi connectivity index (χ0n) is 24.6. The molecule has 0 radical (unpaired) electrons. The lowest BCUT2D eigenvalue weighted by Gasteiger charge is -2.16. The average molecular weight is 551 g/mol. The lowest BCUT2D eigenvalue weighted by molar-refractivity contribution is -0.385. The number of methoxy groups -OCH3 is 2. The summed E-state index contributed by atoms with van der Waals surface area (Å²) in [6, 6.07) is 2.64. The van der Waals surface area contributed by atoms with Crippen LogP contribution in [0.25, 0.3) is 0 Å². The van der Waals surface area contributed by atoms with Crippen molar-refractivity contribution in [1.29, 1.82) is 0 Å². The molecule has 0 N–H and O–H groups in total. The van der Waals surface area contributed by atoms with Crippen molar-refractivity contribution >= 4 is 17.6 Å². The smallest absolute Gasteiger partial charge is 0.325 e. The van der Waals surface area contributed by atoms with E-state index < -0.39 is 10.9 Å². The zero-order chi connectivity index (χ0) is 28.9. The molecule has 0 saturated carbocycles. The Labute approximate surface area is 234 Å². The van der Waals surface area contributed by atoms with Gasteiger partial charge in [0.05, 0.1) is 30.8 Å². The fraction of sp³-hybridized carbons (Fsp3) is 0.733. The van der Waals surface area contributed by atoms with E-state index in [1.165, 1.54) is 108 Å². The first-order valence-electron chi connectivity index (χ1n) is 14.6. The molecule has 39 heavy (non-hydrogen) atoms. The molecule has 222 valence electrons. The van der Waals surface area contributed by atoms with Crippen molar-refractivity contribution in [2.45, 2.75) is 116 Å². The number of unbranched alkanes of at least 4 members (excludes halogenated alkanes) is 14. The highest BCUT2D eigenvalue weighted by Crippen LogP contribution is 2.34. The number of likely N-dealkylation sites (N-methyl/N-ethyl adjacent to an activating group) is 1. The number of hydrogen-bond donors (Lipinski definition) is 0. The summed E-state index contributed by atoms with van der Waals surface area (Å²) in [5.41, 5.74) is -0.0594. The number of esters is 1. The second-order valence-electron chi connectivity index (χ2n) is 10.2. The topological polar surface area (TPSA) is 108 Å². The van der Waals surface area contributed by atoms with Gasteiger partial charge in [-0.25, -0.2) is 0 Å². The van der Waals surface area contributed by atoms with Gasteiger partial charge in [0.1, 0.15) is 13.2 Å². The number of nitrogens with zero attached hydrogens (tertiary/aromatic N) is 2. The lowest BCUT2D eigenvalue weighted by Crippen LogP contribution is -2.32. The molecule has 0 aliphatic carbocycles. The Hall–Kier alpha value is -2.84. The standard InChI is InChI=1S/C30H50N2O7/c1-5-6-7-8-9-10-11-12-13-14-15-16-17-18-19-20-29(33)31(2)23-30(34)39-24-25-21-27(37-3)28(38-4)22-26(25)32(35)36/h21-22H,5-20,23-24H2,1-4H3. The van der Waals surface area contributed by atoms with Gasteiger partial charge in [0, 0.05) is 13.5 Å². The van der Waals surface area contributed by atoms with Crippen LogP contribution in [0.5, 0.6) is 11.5 Å². The highest BCUT2D eigenvalue weighted by Gasteiger charge is 2.21. The lowest BCUT2D eigenvalue weighted by atomic mass is 10.0. The number of carbonyl (C=O) groups is 2. The summed E-state index contributed by atoms with van der Waals surface area (Å²) in [5.74, 6) is -0.237. The Kier molecular flexibility index (Phi) is 18.4. The van der Waals surface area contributed by atoms with Crippen molar-refractivity contribution in [2.24, 2.45) is 0 Å². The Balaban J connectivity index is 2.17. The first kappa shape index (κ1) is 34.2. The number of nitro benzene ring substituents is 1. The van der Waals surface area contributed by atoms with Gasteiger partial charge in [-0.15, -0.1) is 0 Å². The summed E-state index contributed by atoms with van der Waals surface area (Å²) in [7, 11) is 4.36. The van der Waals surface area contributed by atoms with Gasteiger partial charge in [-0.3, -0.25) is 19.7 Å². The van der Waals surface area contributed by atoms with Crippen LogP contribution >= 0.6 is 0 Å². The van der Waals surface area contributed by atoms with E-state index in [0.29, 0.717) is 12.2 Å². The fourth-order valence-electron chi connectivity index (χ4n) is 4.52. The van der Waals surface area contributed by atoms with Crippen LogP contribution in [0.2, 0.25) is 0 Å². The van der Waals surface area contributed by atoms with Crippen molar-refractivity contribution in [1.82, 2.24) is 4.90 Å². The zero-order valence-corrected chi connectivity index (χ0v) is 24.6. The molecule has 0 heterocycles. The van der Waals surface area contributed by atoms with Gasteiger partial charge in [0.25, 0.3) is 5.69 Å². The summed E-state index contributed by atoms with van der Waals surface area (Å²) >= 11 is 0. The van der Waals surface area contributed by atoms with Crippen LogP contribution in [0.1, 0.15) is 115 Å². The van der Waals surface area contributed by atoms with Crippen molar-refractivity contribution in [2.75, 3.05) is 27.8 Å². The van der Waals surface area contributed by atoms with Crippen LogP contribution in [0.15, 0.2) is 12.1 Å². The molecule has 0 atom stereocenters. The molecule has 1 aromatic carbocycles. The third kappa shape index (κ3) is 14.8. The fourth-order valence-corrected chi connectivity index (χ4v) is 4.52. The first-order valence-corrected chi connectivity index (χ1v) is 14.6. The maximum absolute atomic E-state index is 12.4. The predicted molar refractivity (Wildman–Crippen MR) is 153 cm³/mol. The van der Waals surface area contributed by atoms with Crippen molar-refractivity contribution < 1.29 is 28.7 Å². The van der Waals surface area contributed by atoms with Gasteiger partial charge >= 0.3 is 5.97 Å². The Bertz CT molecular complexity index is 860. The third-order valence-corrected chi connectivity index (χ3v) is 6.96. The number of benzene rings is 1. The van der Waals surface area contributed by atoms with Gasteiger partial charge in [0.2, 0.25) is 5.91 Å². The molecule has 0 saturated heterocycles. The van der Waals surface area contributed by atoms with E-state index in [-0.39, 0.29) is 36.1 Å². The molecule has 0 unspecified atom stereocenters. The van der Waals surface area contributed by atoms with Crippen molar-refractivity contribution in [3.8, 4) is 11.5 Å². The van der Waals surface area contributed by atoms with Gasteiger partial charge in [-0.1, -0.05) is 96.8 Å². The minimum Gasteiger partial charge on any atom is -0.493 e. The summed E-state index contributed by atoms with van der Waals surface area (Å²) < 4.78 is 15.5. The van der Waals surface area contributed by atoms with Gasteiger partial charge in [-0.2, -0.15) is 0 Å². The SMILES string of the molecule is CCCCCCCCCCCCCCCCCC(=O)N(C)CC(=O)OCc1cc(OC)c(OC)cc1[N+](=O)[O-]. The molecule has 0 aliphatic heterocycles. The van der Waals surface area contributed by atoms with Gasteiger partial charge in [-0.05, 0) is 12.5 Å². The van der Waals surface area contributed by atoms with Crippen LogP contribution < -0.4 is 9.47 Å². The predicted octanol–water partition coefficient (Wildman–Crippen LogP) is 7.38. The van der Waals surface area contributed by atoms with E-state index in [0.717, 1.165) is 19.3 Å². The van der Waals surface area contributed by atoms with E-state index >= 15 is 0 Å². The molecule has 0 aromatic heterocycles. The van der Waals surface area contributed by atoms with E-state index in [1.807, 2.05) is 0 Å². The third-order valence-electron chi connectivity index (χ3n) is 6.96. The van der Waals surface area contributed by atoms with Gasteiger partial charge < -0.3 is 19.1 Å². The summed E-state index contributed by atoms with van der Waals surface area (Å²) in [5, 5.41) is 11.4. The molecular formula is C30H50N2O7. The van der Waals surface area contributed by atoms with E-state index in [2.05, 4.69) is 6.92 Å². The minimum atomic E-state index is -0.633. The minimum absolute atomic E-state index is 0.112. The number of hydrogen-bond acceptors (Lipinski definition) is 7. The second kappa shape index (κ2) is 21.0. The quantitative estimate of drug-likeness (QED) is 0.0605. The van der Waals surface area contributed by atoms with Crippen LogP contribution in [0.3, 0.4) is 0 Å². The summed E-state index contributed by atoms with van der Waals surface area (Å²) in [6.07, 6.45) is 19.4. The monoisotopic (exact) mass is 550 g/mol. The Morgan fingerprint density at radius 2 is 1.26 bits per heavy atom. The highest BCUT2D eigenvalue weighted by molar-refractivity contribution is 5.81. The average Bonchev–Trinajstić information content (AvgIpc) is 2.93. The first-order chi connectivity index (χ1) is 18.8. The molecular weight excluding hydrogens is 500 g/mol. The maximum Gasteiger partial charge on any atom is 0.325 e. The Morgan fingerprint density at radius 1 is 0.795 bits per heavy atom. The van der Waals surface area contributed by atoms with Crippen molar-refractivity contribution in [3.05, 3.63) is 27.8 Å². The van der Waals surface area contributed by atoms with Gasteiger partial charge in [0.15, 0.2) is 11.5 Å². The van der Waals surface area contributed by atoms with E-state index in [4.69, 9.17) is 14.2 Å². The van der Waals surface area contributed by atoms with E-state index in [1.54, 1.807) is 7.05 Å². The molecule has 9 nitrogen and oxygen atoms in total. The number of amides is 1. The van der Waals surface area contributed by atoms with Crippen LogP contribution in [-0.2, 0) is 20.9 Å². The number of carbonyl (C=O) groups excluding carboxylic acids is 2. The summed E-state index contributed by atoms with van der Waals surface area (Å²) in [4.78, 5) is 36.8. The Morgan fingerprint density at radius 3 is 1.72 bits per heavy atom. The van der Waals surface area contributed by atoms with Crippen LogP contribution in [0, 0.1) is 10.1 Å². The van der Waals surface area contributed by atoms with Crippen LogP contribution in [-0.4, -0.2) is 49.5 Å². The molecule has 0 aliphatic rings. The highest BCUT2D eigenvalue weighted by atomic mass is 16.6. The van der Waals surface area contributed by atoms with Crippen molar-refractivity contribution in [3.63, 3.8) is 0 Å². The second-order valence-corrected chi connectivity index (χ2v) is 10.2. The molecule has 1 rings (SSSR count). The molecule has 0 fully saturated rings. The number of rotatable bonds is 23. The molecule has 9 heteroatoms. The number of ether oxygens (including phenoxy) is 3. The number of nitro groups is 1. The molecule has 0 spiro atoms. The van der Waals surface area contributed by atoms with E-state index in [9.17, 15) is 19.7 Å². The van der Waals surface area contributed by atoms with Crippen LogP contribution in [0.4, 0.5) is 5.69 Å². The largest absolute Gasteiger partial charge is 0.493 e. The summed E-state index contributed by atoms with van der Waals surface area (Å²) in [6.45, 7) is 1.74. The molecule has 1 aromatic rings. The molecule has 0 bridgehead atoms. The maximum atomic E-state index is 12.4. The normalized spacial score (nSPS) is 10.8.